The van der Waals surface area contributed by atoms with Crippen molar-refractivity contribution in [2.24, 2.45) is 16.2 Å². The van der Waals surface area contributed by atoms with E-state index < -0.39 is 33.6 Å². The van der Waals surface area contributed by atoms with Gasteiger partial charge in [-0.25, -0.2) is 0 Å². The quantitative estimate of drug-likeness (QED) is 0.128. The number of amides is 1. The summed E-state index contributed by atoms with van der Waals surface area (Å²) in [6.07, 6.45) is 7.53. The van der Waals surface area contributed by atoms with Crippen molar-refractivity contribution in [2.45, 2.75) is 122 Å². The number of aliphatic hydroxyl groups is 2. The number of methoxy groups -OCH3 is 1. The van der Waals surface area contributed by atoms with Crippen LogP contribution in [0.15, 0.2) is 71.6 Å². The molecule has 1 aliphatic heterocycles. The minimum absolute atomic E-state index is 0.0883. The number of ether oxygens (including phenoxy) is 2. The Morgan fingerprint density at radius 1 is 1.00 bits per heavy atom. The Hall–Kier alpha value is -3.79. The number of aliphatic hydroxyl groups excluding tert-OH is 1. The van der Waals surface area contributed by atoms with Crippen LogP contribution in [-0.2, 0) is 27.2 Å². The van der Waals surface area contributed by atoms with E-state index >= 15 is 4.79 Å². The second-order valence-electron chi connectivity index (χ2n) is 17.7. The van der Waals surface area contributed by atoms with Crippen LogP contribution in [0.3, 0.4) is 0 Å². The average molecular weight is 768 g/mol. The van der Waals surface area contributed by atoms with E-state index in [2.05, 4.69) is 26.0 Å². The standard InChI is InChI=1S/C46H57NO7S/c1-30-9-7-21-43(4)38(36-18-12-31(27-33(48)15-11-30)28-37(36)39(49)32-13-16-34(53-6)17-14-32)19-22-45(43,52)29-47(25-20-35-10-8-26-55-35)40(50)46-24-23-44(5,41(51)54-46)42(46,2)3/h8-10,12-14,16-18,26,28,33,38,48,52H,7,11,15,19-25,27,29H2,1-6H3/t33-,38-,43-,44-,45+,46+/m0/s1. The number of nitrogens with zero attached hydrogens (tertiary/aromatic N) is 1. The van der Waals surface area contributed by atoms with Gasteiger partial charge in [0.05, 0.1) is 30.8 Å². The smallest absolute Gasteiger partial charge is 0.313 e. The van der Waals surface area contributed by atoms with Crippen LogP contribution < -0.4 is 4.74 Å². The van der Waals surface area contributed by atoms with E-state index in [1.807, 2.05) is 50.4 Å². The second kappa shape index (κ2) is 14.6. The summed E-state index contributed by atoms with van der Waals surface area (Å²) in [5.74, 6) is -0.195. The fourth-order valence-electron chi connectivity index (χ4n) is 10.3. The third-order valence-corrected chi connectivity index (χ3v) is 15.6. The van der Waals surface area contributed by atoms with Gasteiger partial charge in [0.15, 0.2) is 11.4 Å². The molecule has 2 heterocycles. The molecule has 9 heteroatoms. The maximum atomic E-state index is 15.1. The van der Waals surface area contributed by atoms with E-state index in [0.717, 1.165) is 22.4 Å². The Bertz CT molecular complexity index is 1970. The van der Waals surface area contributed by atoms with Crippen molar-refractivity contribution in [3.05, 3.63) is 98.8 Å². The van der Waals surface area contributed by atoms with Crippen molar-refractivity contribution in [1.82, 2.24) is 4.90 Å². The SMILES string of the molecule is COc1ccc(C(=O)c2cc3ccc2[C@@H]2CC[C@@](O)(CN(CCc4cccs4)C(=O)[C@@]45CC[C@@](C)(C(=O)O4)C5(C)C)[C@@]2(C)CCC=C(C)CC[C@H](O)C3)cc1. The summed E-state index contributed by atoms with van der Waals surface area (Å²) in [7, 11) is 1.60. The molecule has 8 nitrogen and oxygen atoms in total. The van der Waals surface area contributed by atoms with Gasteiger partial charge < -0.3 is 24.6 Å². The minimum atomic E-state index is -1.32. The maximum Gasteiger partial charge on any atom is 0.313 e. The van der Waals surface area contributed by atoms with Gasteiger partial charge in [-0.15, -0.1) is 11.3 Å². The highest BCUT2D eigenvalue weighted by Gasteiger charge is 2.76. The van der Waals surface area contributed by atoms with Crippen molar-refractivity contribution < 1.29 is 34.1 Å². The predicted octanol–water partition coefficient (Wildman–Crippen LogP) is 8.22. The fourth-order valence-corrected chi connectivity index (χ4v) is 11.0. The Labute approximate surface area is 329 Å². The highest BCUT2D eigenvalue weighted by atomic mass is 32.1. The first kappa shape index (κ1) is 39.4. The first-order chi connectivity index (χ1) is 26.1. The van der Waals surface area contributed by atoms with Gasteiger partial charge >= 0.3 is 5.97 Å². The van der Waals surface area contributed by atoms with Crippen LogP contribution >= 0.6 is 11.3 Å². The molecule has 0 radical (unpaired) electrons. The van der Waals surface area contributed by atoms with Crippen molar-refractivity contribution in [3.63, 3.8) is 0 Å². The molecule has 2 saturated carbocycles. The number of thiophene rings is 1. The zero-order valence-electron chi connectivity index (χ0n) is 33.3. The van der Waals surface area contributed by atoms with Crippen molar-refractivity contribution in [2.75, 3.05) is 20.2 Å². The largest absolute Gasteiger partial charge is 0.497 e. The van der Waals surface area contributed by atoms with Crippen molar-refractivity contribution in [1.29, 1.82) is 0 Å². The van der Waals surface area contributed by atoms with E-state index in [1.54, 1.807) is 47.6 Å². The fraction of sp³-hybridized carbons (Fsp3) is 0.543. The van der Waals surface area contributed by atoms with Crippen molar-refractivity contribution >= 4 is 29.0 Å². The lowest BCUT2D eigenvalue weighted by Crippen LogP contribution is -2.60. The molecule has 2 aromatic carbocycles. The molecule has 1 amide bonds. The van der Waals surface area contributed by atoms with Crippen LogP contribution in [0.25, 0.3) is 0 Å². The molecule has 1 saturated heterocycles. The normalized spacial score (nSPS) is 31.3. The lowest BCUT2D eigenvalue weighted by Gasteiger charge is -2.47. The molecule has 5 aliphatic rings. The predicted molar refractivity (Wildman–Crippen MR) is 214 cm³/mol. The first-order valence-corrected chi connectivity index (χ1v) is 20.9. The van der Waals surface area contributed by atoms with Gasteiger partial charge in [0.2, 0.25) is 0 Å². The van der Waals surface area contributed by atoms with Crippen LogP contribution in [0.1, 0.15) is 124 Å². The third-order valence-electron chi connectivity index (χ3n) is 14.6. The Balaban J connectivity index is 1.30. The highest BCUT2D eigenvalue weighted by molar-refractivity contribution is 7.09. The summed E-state index contributed by atoms with van der Waals surface area (Å²) < 4.78 is 11.5. The summed E-state index contributed by atoms with van der Waals surface area (Å²) in [6, 6.07) is 17.2. The summed E-state index contributed by atoms with van der Waals surface area (Å²) in [5, 5.41) is 26.3. The molecule has 294 valence electrons. The van der Waals surface area contributed by atoms with Gasteiger partial charge in [-0.1, -0.05) is 50.6 Å². The molecular formula is C46H57NO7S. The molecule has 4 bridgehead atoms. The van der Waals surface area contributed by atoms with E-state index in [4.69, 9.17) is 9.47 Å². The first-order valence-electron chi connectivity index (χ1n) is 20.0. The second-order valence-corrected chi connectivity index (χ2v) is 18.8. The number of hydrogen-bond donors (Lipinski definition) is 2. The van der Waals surface area contributed by atoms with Crippen LogP contribution in [-0.4, -0.2) is 70.3 Å². The summed E-state index contributed by atoms with van der Waals surface area (Å²) in [4.78, 5) is 45.9. The molecule has 3 aromatic rings. The molecule has 2 N–H and O–H groups in total. The topological polar surface area (TPSA) is 113 Å². The lowest BCUT2D eigenvalue weighted by atomic mass is 9.64. The molecule has 3 fully saturated rings. The van der Waals surface area contributed by atoms with Gasteiger partial charge in [0.1, 0.15) is 5.75 Å². The number of benzene rings is 2. The van der Waals surface area contributed by atoms with Crippen LogP contribution in [0.5, 0.6) is 5.75 Å². The Morgan fingerprint density at radius 2 is 1.76 bits per heavy atom. The average Bonchev–Trinajstić information content (AvgIpc) is 3.86. The van der Waals surface area contributed by atoms with Gasteiger partial charge in [-0.3, -0.25) is 14.4 Å². The highest BCUT2D eigenvalue weighted by Crippen LogP contribution is 2.66. The Morgan fingerprint density at radius 3 is 2.42 bits per heavy atom. The zero-order valence-corrected chi connectivity index (χ0v) is 34.1. The summed E-state index contributed by atoms with van der Waals surface area (Å²) in [5.41, 5.74) is -0.755. The number of carbonyl (C=O) groups excluding carboxylic acids is 3. The van der Waals surface area contributed by atoms with Crippen LogP contribution in [0, 0.1) is 16.2 Å². The molecule has 8 rings (SSSR count). The van der Waals surface area contributed by atoms with E-state index in [0.29, 0.717) is 81.2 Å². The van der Waals surface area contributed by atoms with Gasteiger partial charge in [-0.2, -0.15) is 0 Å². The number of esters is 1. The molecule has 4 aliphatic carbocycles. The molecule has 1 aromatic heterocycles. The van der Waals surface area contributed by atoms with E-state index in [9.17, 15) is 19.8 Å². The van der Waals surface area contributed by atoms with Crippen LogP contribution in [0.4, 0.5) is 0 Å². The number of fused-ring (bicyclic) bond motifs is 10. The number of carbonyl (C=O) groups is 3. The summed E-state index contributed by atoms with van der Waals surface area (Å²) >= 11 is 1.64. The Kier molecular flexibility index (Phi) is 10.5. The molecule has 6 atom stereocenters. The van der Waals surface area contributed by atoms with E-state index in [-0.39, 0.29) is 30.1 Å². The number of rotatable bonds is 9. The lowest BCUT2D eigenvalue weighted by molar-refractivity contribution is -0.177. The monoisotopic (exact) mass is 767 g/mol. The van der Waals surface area contributed by atoms with E-state index in [1.165, 1.54) is 5.57 Å². The molecule has 55 heavy (non-hydrogen) atoms. The molecule has 0 spiro atoms. The summed E-state index contributed by atoms with van der Waals surface area (Å²) in [6.45, 7) is 10.6. The maximum absolute atomic E-state index is 15.1. The molecular weight excluding hydrogens is 711 g/mol. The minimum Gasteiger partial charge on any atom is -0.497 e. The van der Waals surface area contributed by atoms with Gasteiger partial charge in [0.25, 0.3) is 5.91 Å². The number of hydrogen-bond acceptors (Lipinski definition) is 8. The van der Waals surface area contributed by atoms with Gasteiger partial charge in [-0.05, 0) is 137 Å². The third kappa shape index (κ3) is 6.58. The number of ketones is 1. The number of allylic oxidation sites excluding steroid dienone is 2. The van der Waals surface area contributed by atoms with Crippen molar-refractivity contribution in [3.8, 4) is 5.75 Å². The molecule has 0 unspecified atom stereocenters. The van der Waals surface area contributed by atoms with Gasteiger partial charge in [0, 0.05) is 33.4 Å². The van der Waals surface area contributed by atoms with Crippen LogP contribution in [0.2, 0.25) is 0 Å². The zero-order chi connectivity index (χ0) is 39.4.